The van der Waals surface area contributed by atoms with Gasteiger partial charge in [0.1, 0.15) is 17.6 Å². The van der Waals surface area contributed by atoms with Crippen molar-refractivity contribution in [2.45, 2.75) is 13.0 Å². The first-order chi connectivity index (χ1) is 4.74. The molecule has 1 aromatic rings. The zero-order valence-corrected chi connectivity index (χ0v) is 5.87. The van der Waals surface area contributed by atoms with Crippen molar-refractivity contribution in [2.24, 2.45) is 5.73 Å². The Morgan fingerprint density at radius 2 is 2.40 bits per heavy atom. The molecule has 1 heterocycles. The molecule has 0 unspecified atom stereocenters. The lowest BCUT2D eigenvalue weighted by atomic mass is 10.3. The van der Waals surface area contributed by atoms with Gasteiger partial charge in [-0.3, -0.25) is 0 Å². The number of aryl methyl sites for hydroxylation is 1. The van der Waals surface area contributed by atoms with Crippen LogP contribution in [-0.2, 0) is 0 Å². The highest BCUT2D eigenvalue weighted by atomic mass is 16.4. The van der Waals surface area contributed by atoms with Gasteiger partial charge in [-0.05, 0) is 19.1 Å². The molecule has 0 radical (unpaired) electrons. The molecule has 3 N–H and O–H groups in total. The molecule has 1 aromatic heterocycles. The van der Waals surface area contributed by atoms with Gasteiger partial charge in [-0.1, -0.05) is 0 Å². The summed E-state index contributed by atoms with van der Waals surface area (Å²) < 4.78 is 5.11. The number of rotatable bonds is 2. The standard InChI is InChI=1S/C7H11NO2/c1-5-2-3-7(10-5)6(9)4-8/h2-3,6,9H,4,8H2,1H3/t6-/m0/s1. The first kappa shape index (κ1) is 7.31. The fraction of sp³-hybridized carbons (Fsp3) is 0.429. The van der Waals surface area contributed by atoms with Crippen LogP contribution >= 0.6 is 0 Å². The normalized spacial score (nSPS) is 13.5. The number of hydrogen-bond donors (Lipinski definition) is 2. The molecule has 0 fully saturated rings. The van der Waals surface area contributed by atoms with Crippen LogP contribution in [0.25, 0.3) is 0 Å². The molecule has 1 atom stereocenters. The summed E-state index contributed by atoms with van der Waals surface area (Å²) in [6.07, 6.45) is -0.659. The molecule has 10 heavy (non-hydrogen) atoms. The van der Waals surface area contributed by atoms with Gasteiger partial charge in [0.25, 0.3) is 0 Å². The Labute approximate surface area is 59.5 Å². The van der Waals surface area contributed by atoms with Crippen LogP contribution < -0.4 is 5.73 Å². The van der Waals surface area contributed by atoms with Crippen molar-refractivity contribution in [3.05, 3.63) is 23.7 Å². The van der Waals surface area contributed by atoms with E-state index in [-0.39, 0.29) is 6.54 Å². The number of aliphatic hydroxyl groups excluding tert-OH is 1. The molecule has 0 saturated heterocycles. The third-order valence-electron chi connectivity index (χ3n) is 1.31. The van der Waals surface area contributed by atoms with Crippen molar-refractivity contribution in [2.75, 3.05) is 6.54 Å². The van der Waals surface area contributed by atoms with Crippen molar-refractivity contribution in [3.8, 4) is 0 Å². The van der Waals surface area contributed by atoms with E-state index >= 15 is 0 Å². The lowest BCUT2D eigenvalue weighted by Gasteiger charge is -2.01. The molecule has 1 rings (SSSR count). The van der Waals surface area contributed by atoms with E-state index in [1.165, 1.54) is 0 Å². The van der Waals surface area contributed by atoms with E-state index < -0.39 is 6.10 Å². The molecule has 56 valence electrons. The molecular formula is C7H11NO2. The van der Waals surface area contributed by atoms with Gasteiger partial charge in [0, 0.05) is 6.54 Å². The van der Waals surface area contributed by atoms with Crippen molar-refractivity contribution in [1.29, 1.82) is 0 Å². The van der Waals surface area contributed by atoms with Crippen LogP contribution in [0.5, 0.6) is 0 Å². The van der Waals surface area contributed by atoms with Crippen LogP contribution in [0.2, 0.25) is 0 Å². The molecule has 0 aliphatic rings. The Morgan fingerprint density at radius 1 is 1.70 bits per heavy atom. The third kappa shape index (κ3) is 1.37. The zero-order valence-electron chi connectivity index (χ0n) is 5.87. The fourth-order valence-electron chi connectivity index (χ4n) is 0.749. The predicted octanol–water partition coefficient (Wildman–Crippen LogP) is 0.580. The molecule has 0 aliphatic heterocycles. The van der Waals surface area contributed by atoms with Crippen molar-refractivity contribution in [3.63, 3.8) is 0 Å². The average Bonchev–Trinajstić information content (AvgIpc) is 2.34. The molecular weight excluding hydrogens is 130 g/mol. The SMILES string of the molecule is Cc1ccc([C@@H](O)CN)o1. The van der Waals surface area contributed by atoms with Crippen LogP contribution in [0.4, 0.5) is 0 Å². The summed E-state index contributed by atoms with van der Waals surface area (Å²) in [6, 6.07) is 3.53. The number of hydrogen-bond acceptors (Lipinski definition) is 3. The van der Waals surface area contributed by atoms with Gasteiger partial charge >= 0.3 is 0 Å². The Kier molecular flexibility index (Phi) is 2.09. The monoisotopic (exact) mass is 141 g/mol. The highest BCUT2D eigenvalue weighted by molar-refractivity contribution is 5.07. The van der Waals surface area contributed by atoms with E-state index in [2.05, 4.69) is 0 Å². The first-order valence-electron chi connectivity index (χ1n) is 3.18. The second kappa shape index (κ2) is 2.86. The molecule has 3 nitrogen and oxygen atoms in total. The van der Waals surface area contributed by atoms with Crippen LogP contribution in [0.1, 0.15) is 17.6 Å². The van der Waals surface area contributed by atoms with E-state index in [0.717, 1.165) is 5.76 Å². The largest absolute Gasteiger partial charge is 0.464 e. The van der Waals surface area contributed by atoms with Crippen LogP contribution in [0.15, 0.2) is 16.5 Å². The molecule has 0 aromatic carbocycles. The number of furan rings is 1. The van der Waals surface area contributed by atoms with Gasteiger partial charge in [-0.25, -0.2) is 0 Å². The second-order valence-electron chi connectivity index (χ2n) is 2.20. The molecule has 0 spiro atoms. The minimum atomic E-state index is -0.659. The van der Waals surface area contributed by atoms with E-state index in [1.54, 1.807) is 12.1 Å². The quantitative estimate of drug-likeness (QED) is 0.633. The van der Waals surface area contributed by atoms with Crippen molar-refractivity contribution < 1.29 is 9.52 Å². The van der Waals surface area contributed by atoms with E-state index in [0.29, 0.717) is 5.76 Å². The fourth-order valence-corrected chi connectivity index (χ4v) is 0.749. The topological polar surface area (TPSA) is 59.4 Å². The first-order valence-corrected chi connectivity index (χ1v) is 3.18. The van der Waals surface area contributed by atoms with Gasteiger partial charge < -0.3 is 15.3 Å². The Balaban J connectivity index is 2.74. The molecule has 0 aliphatic carbocycles. The van der Waals surface area contributed by atoms with Crippen molar-refractivity contribution in [1.82, 2.24) is 0 Å². The minimum Gasteiger partial charge on any atom is -0.464 e. The summed E-state index contributed by atoms with van der Waals surface area (Å²) in [5, 5.41) is 9.12. The lowest BCUT2D eigenvalue weighted by molar-refractivity contribution is 0.156. The van der Waals surface area contributed by atoms with Crippen molar-refractivity contribution >= 4 is 0 Å². The van der Waals surface area contributed by atoms with Crippen LogP contribution in [-0.4, -0.2) is 11.7 Å². The summed E-state index contributed by atoms with van der Waals surface area (Å²) in [6.45, 7) is 2.03. The van der Waals surface area contributed by atoms with Gasteiger partial charge in [-0.15, -0.1) is 0 Å². The summed E-state index contributed by atoms with van der Waals surface area (Å²) in [7, 11) is 0. The average molecular weight is 141 g/mol. The van der Waals surface area contributed by atoms with E-state index in [9.17, 15) is 0 Å². The highest BCUT2D eigenvalue weighted by Crippen LogP contribution is 2.13. The maximum absolute atomic E-state index is 9.12. The minimum absolute atomic E-state index is 0.201. The molecule has 0 amide bonds. The maximum Gasteiger partial charge on any atom is 0.133 e. The van der Waals surface area contributed by atoms with Crippen LogP contribution in [0, 0.1) is 6.92 Å². The Hall–Kier alpha value is -0.800. The predicted molar refractivity (Wildman–Crippen MR) is 37.5 cm³/mol. The summed E-state index contributed by atoms with van der Waals surface area (Å²) in [5.41, 5.74) is 5.20. The molecule has 3 heteroatoms. The Morgan fingerprint density at radius 3 is 2.80 bits per heavy atom. The van der Waals surface area contributed by atoms with E-state index in [1.807, 2.05) is 6.92 Å². The second-order valence-corrected chi connectivity index (χ2v) is 2.20. The smallest absolute Gasteiger partial charge is 0.133 e. The number of nitrogens with two attached hydrogens (primary N) is 1. The van der Waals surface area contributed by atoms with Crippen LogP contribution in [0.3, 0.4) is 0 Å². The van der Waals surface area contributed by atoms with Gasteiger partial charge in [-0.2, -0.15) is 0 Å². The summed E-state index contributed by atoms with van der Waals surface area (Å²) in [5.74, 6) is 1.34. The zero-order chi connectivity index (χ0) is 7.56. The highest BCUT2D eigenvalue weighted by Gasteiger charge is 2.07. The van der Waals surface area contributed by atoms with Gasteiger partial charge in [0.05, 0.1) is 0 Å². The summed E-state index contributed by atoms with van der Waals surface area (Å²) >= 11 is 0. The number of aliphatic hydroxyl groups is 1. The third-order valence-corrected chi connectivity index (χ3v) is 1.31. The lowest BCUT2D eigenvalue weighted by Crippen LogP contribution is -2.10. The van der Waals surface area contributed by atoms with Gasteiger partial charge in [0.15, 0.2) is 0 Å². The molecule has 0 bridgehead atoms. The maximum atomic E-state index is 9.12. The summed E-state index contributed by atoms with van der Waals surface area (Å²) in [4.78, 5) is 0. The Bertz CT molecular complexity index is 207. The van der Waals surface area contributed by atoms with E-state index in [4.69, 9.17) is 15.3 Å². The van der Waals surface area contributed by atoms with Gasteiger partial charge in [0.2, 0.25) is 0 Å². The molecule has 0 saturated carbocycles.